The van der Waals surface area contributed by atoms with E-state index in [0.717, 1.165) is 11.3 Å². The van der Waals surface area contributed by atoms with Crippen LogP contribution in [0.4, 0.5) is 4.79 Å². The maximum atomic E-state index is 12.0. The van der Waals surface area contributed by atoms with Crippen molar-refractivity contribution < 1.29 is 23.1 Å². The molecule has 2 atom stereocenters. The quantitative estimate of drug-likeness (QED) is 0.746. The lowest BCUT2D eigenvalue weighted by molar-refractivity contribution is -0.138. The molecule has 0 bridgehead atoms. The maximum absolute atomic E-state index is 12.0. The third-order valence-electron chi connectivity index (χ3n) is 3.20. The second kappa shape index (κ2) is 6.23. The van der Waals surface area contributed by atoms with E-state index in [-0.39, 0.29) is 17.5 Å². The first-order chi connectivity index (χ1) is 8.75. The van der Waals surface area contributed by atoms with Crippen LogP contribution in [-0.4, -0.2) is 60.6 Å². The van der Waals surface area contributed by atoms with Crippen molar-refractivity contribution in [3.05, 3.63) is 0 Å². The summed E-state index contributed by atoms with van der Waals surface area (Å²) < 4.78 is 22.9. The van der Waals surface area contributed by atoms with E-state index < -0.39 is 34.4 Å². The zero-order chi connectivity index (χ0) is 14.6. The normalized spacial score (nSPS) is 22.7. The fraction of sp³-hybridized carbons (Fsp3) is 0.818. The predicted octanol–water partition coefficient (Wildman–Crippen LogP) is 0.0682. The number of hydrogen-bond acceptors (Lipinski definition) is 4. The third-order valence-corrected chi connectivity index (χ3v) is 4.95. The van der Waals surface area contributed by atoms with Crippen molar-refractivity contribution in [2.45, 2.75) is 38.8 Å². The van der Waals surface area contributed by atoms with Gasteiger partial charge in [-0.15, -0.1) is 0 Å². The maximum Gasteiger partial charge on any atom is 0.323 e. The van der Waals surface area contributed by atoms with Gasteiger partial charge in [0, 0.05) is 12.1 Å². The minimum absolute atomic E-state index is 0.00436. The van der Waals surface area contributed by atoms with Crippen LogP contribution >= 0.6 is 0 Å². The van der Waals surface area contributed by atoms with Gasteiger partial charge in [0.05, 0.1) is 11.5 Å². The topological polar surface area (TPSA) is 104 Å². The van der Waals surface area contributed by atoms with Crippen molar-refractivity contribution >= 4 is 21.8 Å². The molecule has 0 aliphatic carbocycles. The number of carboxylic acids is 1. The van der Waals surface area contributed by atoms with Gasteiger partial charge in [0.15, 0.2) is 9.84 Å². The van der Waals surface area contributed by atoms with Crippen LogP contribution in [0.2, 0.25) is 0 Å². The lowest BCUT2D eigenvalue weighted by Crippen LogP contribution is -2.51. The first kappa shape index (κ1) is 15.7. The lowest BCUT2D eigenvalue weighted by Gasteiger charge is -2.28. The molecule has 2 amide bonds. The fourth-order valence-corrected chi connectivity index (χ4v) is 3.66. The van der Waals surface area contributed by atoms with E-state index >= 15 is 0 Å². The molecule has 1 aliphatic heterocycles. The molecule has 1 rings (SSSR count). The average molecular weight is 292 g/mol. The molecular formula is C11H20N2O5S. The van der Waals surface area contributed by atoms with Crippen molar-refractivity contribution in [2.24, 2.45) is 0 Å². The lowest BCUT2D eigenvalue weighted by atomic mass is 10.2. The molecule has 19 heavy (non-hydrogen) atoms. The van der Waals surface area contributed by atoms with Gasteiger partial charge >= 0.3 is 12.0 Å². The molecular weight excluding hydrogens is 272 g/mol. The fourth-order valence-electron chi connectivity index (χ4n) is 1.93. The van der Waals surface area contributed by atoms with Crippen LogP contribution in [0.1, 0.15) is 26.7 Å². The number of nitrogens with one attached hydrogen (secondary N) is 1. The molecule has 7 nitrogen and oxygen atoms in total. The molecule has 2 N–H and O–H groups in total. The Bertz CT molecular complexity index is 448. The molecule has 1 aliphatic rings. The number of amides is 2. The zero-order valence-corrected chi connectivity index (χ0v) is 11.9. The Morgan fingerprint density at radius 1 is 1.47 bits per heavy atom. The summed E-state index contributed by atoms with van der Waals surface area (Å²) in [6, 6.07) is -1.15. The molecule has 0 aromatic rings. The average Bonchev–Trinajstić information content (AvgIpc) is 2.65. The monoisotopic (exact) mass is 292 g/mol. The van der Waals surface area contributed by atoms with Crippen LogP contribution in [0.25, 0.3) is 0 Å². The van der Waals surface area contributed by atoms with Crippen LogP contribution < -0.4 is 5.32 Å². The van der Waals surface area contributed by atoms with Crippen molar-refractivity contribution in [3.8, 4) is 0 Å². The van der Waals surface area contributed by atoms with Crippen molar-refractivity contribution in [1.29, 1.82) is 0 Å². The molecule has 1 fully saturated rings. The number of carboxylic acid groups (broad SMARTS) is 1. The zero-order valence-electron chi connectivity index (χ0n) is 11.1. The third kappa shape index (κ3) is 4.70. The van der Waals surface area contributed by atoms with Crippen LogP contribution in [0, 0.1) is 0 Å². The molecule has 0 aromatic heterocycles. The highest BCUT2D eigenvalue weighted by atomic mass is 32.2. The summed E-state index contributed by atoms with van der Waals surface area (Å²) in [6.45, 7) is 3.22. The number of urea groups is 1. The molecule has 0 aromatic carbocycles. The first-order valence-corrected chi connectivity index (χ1v) is 8.06. The van der Waals surface area contributed by atoms with Crippen LogP contribution in [0.5, 0.6) is 0 Å². The van der Waals surface area contributed by atoms with E-state index in [9.17, 15) is 18.0 Å². The number of aliphatic carboxylic acids is 1. The highest BCUT2D eigenvalue weighted by Gasteiger charge is 2.35. The van der Waals surface area contributed by atoms with Gasteiger partial charge < -0.3 is 15.3 Å². The highest BCUT2D eigenvalue weighted by Crippen LogP contribution is 2.18. The number of sulfone groups is 1. The van der Waals surface area contributed by atoms with Gasteiger partial charge in [-0.3, -0.25) is 4.79 Å². The number of carbonyl (C=O) groups excluding carboxylic acids is 1. The van der Waals surface area contributed by atoms with Gasteiger partial charge in [-0.1, -0.05) is 6.92 Å². The number of nitrogens with zero attached hydrogens (tertiary/aromatic N) is 1. The van der Waals surface area contributed by atoms with Crippen molar-refractivity contribution in [2.75, 3.05) is 18.1 Å². The Hall–Kier alpha value is -1.31. The SMILES string of the molecule is CCC(C)NC(=O)N(CC(=O)O)C1CCS(=O)(=O)C1. The summed E-state index contributed by atoms with van der Waals surface area (Å²) in [5, 5.41) is 11.5. The van der Waals surface area contributed by atoms with Crippen LogP contribution in [0.15, 0.2) is 0 Å². The Balaban J connectivity index is 2.77. The molecule has 0 saturated carbocycles. The number of rotatable bonds is 5. The smallest absolute Gasteiger partial charge is 0.323 e. The molecule has 8 heteroatoms. The second-order valence-corrected chi connectivity index (χ2v) is 7.07. The van der Waals surface area contributed by atoms with E-state index in [1.54, 1.807) is 0 Å². The molecule has 2 unspecified atom stereocenters. The predicted molar refractivity (Wildman–Crippen MR) is 69.7 cm³/mol. The minimum atomic E-state index is -3.16. The minimum Gasteiger partial charge on any atom is -0.480 e. The van der Waals surface area contributed by atoms with Crippen molar-refractivity contribution in [3.63, 3.8) is 0 Å². The van der Waals surface area contributed by atoms with Gasteiger partial charge in [-0.2, -0.15) is 0 Å². The number of hydrogen-bond donors (Lipinski definition) is 2. The summed E-state index contributed by atoms with van der Waals surface area (Å²) in [6.07, 6.45) is 1.01. The standard InChI is InChI=1S/C11H20N2O5S/c1-3-8(2)12-11(16)13(6-10(14)15)9-4-5-19(17,18)7-9/h8-9H,3-7H2,1-2H3,(H,12,16)(H,14,15). The van der Waals surface area contributed by atoms with Gasteiger partial charge in [-0.05, 0) is 19.8 Å². The summed E-state index contributed by atoms with van der Waals surface area (Å²) in [5.41, 5.74) is 0. The molecule has 110 valence electrons. The summed E-state index contributed by atoms with van der Waals surface area (Å²) in [5.74, 6) is -1.30. The first-order valence-electron chi connectivity index (χ1n) is 6.24. The molecule has 1 saturated heterocycles. The van der Waals surface area contributed by atoms with E-state index in [0.29, 0.717) is 6.42 Å². The second-order valence-electron chi connectivity index (χ2n) is 4.84. The highest BCUT2D eigenvalue weighted by molar-refractivity contribution is 7.91. The Kier molecular flexibility index (Phi) is 5.16. The van der Waals surface area contributed by atoms with Gasteiger partial charge in [0.2, 0.25) is 0 Å². The van der Waals surface area contributed by atoms with E-state index in [1.165, 1.54) is 0 Å². The Morgan fingerprint density at radius 2 is 2.11 bits per heavy atom. The number of carbonyl (C=O) groups is 2. The van der Waals surface area contributed by atoms with E-state index in [2.05, 4.69) is 5.32 Å². The summed E-state index contributed by atoms with van der Waals surface area (Å²) in [7, 11) is -3.16. The Labute approximate surface area is 112 Å². The molecule has 0 spiro atoms. The largest absolute Gasteiger partial charge is 0.480 e. The Morgan fingerprint density at radius 3 is 2.53 bits per heavy atom. The van der Waals surface area contributed by atoms with Crippen LogP contribution in [0.3, 0.4) is 0 Å². The van der Waals surface area contributed by atoms with Crippen molar-refractivity contribution in [1.82, 2.24) is 10.2 Å². The van der Waals surface area contributed by atoms with E-state index in [1.807, 2.05) is 13.8 Å². The van der Waals surface area contributed by atoms with Gasteiger partial charge in [-0.25, -0.2) is 13.2 Å². The summed E-state index contributed by atoms with van der Waals surface area (Å²) in [4.78, 5) is 23.9. The molecule has 0 radical (unpaired) electrons. The summed E-state index contributed by atoms with van der Waals surface area (Å²) >= 11 is 0. The van der Waals surface area contributed by atoms with E-state index in [4.69, 9.17) is 5.11 Å². The van der Waals surface area contributed by atoms with Gasteiger partial charge in [0.1, 0.15) is 6.54 Å². The van der Waals surface area contributed by atoms with Gasteiger partial charge in [0.25, 0.3) is 0 Å². The van der Waals surface area contributed by atoms with Crippen LogP contribution in [-0.2, 0) is 14.6 Å². The molecule has 1 heterocycles.